The minimum atomic E-state index is 0.778. The van der Waals surface area contributed by atoms with Crippen molar-refractivity contribution in [3.05, 3.63) is 81.4 Å². The molecule has 0 aliphatic heterocycles. The smallest absolute Gasteiger partial charge is 0.0270 e. The molecule has 1 heteroatoms. The average molecular weight is 321 g/mol. The van der Waals surface area contributed by atoms with Gasteiger partial charge in [0.1, 0.15) is 0 Å². The molecule has 0 aliphatic carbocycles. The Kier molecular flexibility index (Phi) is 6.37. The van der Waals surface area contributed by atoms with Crippen LogP contribution in [0, 0.1) is 0 Å². The highest BCUT2D eigenvalue weighted by molar-refractivity contribution is 7.07. The van der Waals surface area contributed by atoms with Gasteiger partial charge in [-0.05, 0) is 46.2 Å². The summed E-state index contributed by atoms with van der Waals surface area (Å²) in [6.45, 7) is 14.6. The topological polar surface area (TPSA) is 0 Å². The van der Waals surface area contributed by atoms with E-state index in [1.807, 2.05) is 0 Å². The van der Waals surface area contributed by atoms with Crippen LogP contribution in [-0.2, 0) is 0 Å². The molecule has 0 unspecified atom stereocenters. The van der Waals surface area contributed by atoms with Gasteiger partial charge in [-0.2, -0.15) is 0 Å². The first kappa shape index (κ1) is 17.2. The first-order valence-corrected chi connectivity index (χ1v) is 8.85. The lowest BCUT2D eigenvalue weighted by Crippen LogP contribution is -2.15. The highest BCUT2D eigenvalue weighted by atomic mass is 32.1. The van der Waals surface area contributed by atoms with Gasteiger partial charge in [-0.25, -0.2) is 0 Å². The van der Waals surface area contributed by atoms with Gasteiger partial charge in [0, 0.05) is 4.53 Å². The minimum absolute atomic E-state index is 0.778. The first-order valence-electron chi connectivity index (χ1n) is 7.97. The van der Waals surface area contributed by atoms with Crippen molar-refractivity contribution >= 4 is 35.6 Å². The van der Waals surface area contributed by atoms with Crippen molar-refractivity contribution < 1.29 is 0 Å². The zero-order valence-electron chi connectivity index (χ0n) is 13.8. The molecular weight excluding hydrogens is 296 g/mol. The fraction of sp³-hybridized carbons (Fsp3) is 0.182. The largest absolute Gasteiger partial charge is 0.144 e. The Morgan fingerprint density at radius 1 is 1.13 bits per heavy atom. The van der Waals surface area contributed by atoms with E-state index in [0.717, 1.165) is 33.7 Å². The van der Waals surface area contributed by atoms with Gasteiger partial charge < -0.3 is 0 Å². The maximum atomic E-state index is 4.21. The molecule has 1 aromatic carbocycles. The van der Waals surface area contributed by atoms with Crippen LogP contribution in [0.1, 0.15) is 37.3 Å². The second-order valence-corrected chi connectivity index (χ2v) is 6.70. The van der Waals surface area contributed by atoms with E-state index in [2.05, 4.69) is 80.6 Å². The van der Waals surface area contributed by atoms with Gasteiger partial charge in [0.25, 0.3) is 0 Å². The summed E-state index contributed by atoms with van der Waals surface area (Å²) in [7, 11) is 0. The molecule has 118 valence electrons. The molecule has 2 aromatic rings. The lowest BCUT2D eigenvalue weighted by Gasteiger charge is -2.06. The van der Waals surface area contributed by atoms with Crippen LogP contribution in [0.15, 0.2) is 60.5 Å². The third-order valence-electron chi connectivity index (χ3n) is 3.66. The number of hydrogen-bond donors (Lipinski definition) is 0. The van der Waals surface area contributed by atoms with E-state index in [-0.39, 0.29) is 0 Å². The highest BCUT2D eigenvalue weighted by Gasteiger charge is 2.00. The minimum Gasteiger partial charge on any atom is -0.144 e. The molecule has 2 rings (SSSR count). The van der Waals surface area contributed by atoms with Gasteiger partial charge in [-0.15, -0.1) is 11.3 Å². The second-order valence-electron chi connectivity index (χ2n) is 5.70. The van der Waals surface area contributed by atoms with Crippen molar-refractivity contribution in [1.82, 2.24) is 0 Å². The van der Waals surface area contributed by atoms with Gasteiger partial charge in [0.15, 0.2) is 0 Å². The molecule has 0 aliphatic rings. The molecule has 0 bridgehead atoms. The van der Waals surface area contributed by atoms with E-state index in [4.69, 9.17) is 0 Å². The van der Waals surface area contributed by atoms with E-state index >= 15 is 0 Å². The standard InChI is InChI=1S/C22H24S/c1-5-6-7-8-20-9-11-21(12-10-20)18(3)15-17(2)16-22-13-14-23-19(22)4/h7-14,16H,2-6,15H2,1H3/b8-7+,22-16-. The van der Waals surface area contributed by atoms with E-state index < -0.39 is 0 Å². The lowest BCUT2D eigenvalue weighted by molar-refractivity contribution is 0.962. The van der Waals surface area contributed by atoms with Crippen molar-refractivity contribution in [3.63, 3.8) is 0 Å². The predicted octanol–water partition coefficient (Wildman–Crippen LogP) is 5.41. The number of rotatable bonds is 7. The Labute approximate surface area is 143 Å². The van der Waals surface area contributed by atoms with Crippen molar-refractivity contribution in [2.45, 2.75) is 26.2 Å². The lowest BCUT2D eigenvalue weighted by atomic mass is 9.99. The molecule has 0 N–H and O–H groups in total. The molecule has 0 saturated heterocycles. The Morgan fingerprint density at radius 3 is 2.48 bits per heavy atom. The molecule has 0 amide bonds. The third kappa shape index (κ3) is 5.22. The number of hydrogen-bond acceptors (Lipinski definition) is 1. The summed E-state index contributed by atoms with van der Waals surface area (Å²) in [4.78, 5) is 0. The molecule has 1 heterocycles. The summed E-state index contributed by atoms with van der Waals surface area (Å²) in [6.07, 6.45) is 9.59. The SMILES string of the molecule is C=C(/C=c1/ccsc1=C)CC(=C)c1ccc(/C=C/CCC)cc1. The molecule has 1 aromatic heterocycles. The number of benzene rings is 1. The summed E-state index contributed by atoms with van der Waals surface area (Å²) in [5, 5.41) is 3.21. The Hall–Kier alpha value is -2.12. The third-order valence-corrected chi connectivity index (χ3v) is 4.46. The zero-order chi connectivity index (χ0) is 16.7. The van der Waals surface area contributed by atoms with Gasteiger partial charge in [0.2, 0.25) is 0 Å². The summed E-state index contributed by atoms with van der Waals surface area (Å²) in [5.41, 5.74) is 4.56. The molecule has 0 nitrogen and oxygen atoms in total. The normalized spacial score (nSPS) is 12.0. The quantitative estimate of drug-likeness (QED) is 0.639. The molecule has 0 radical (unpaired) electrons. The molecule has 23 heavy (non-hydrogen) atoms. The first-order chi connectivity index (χ1) is 11.1. The molecule has 0 atom stereocenters. The van der Waals surface area contributed by atoms with Crippen LogP contribution in [-0.4, -0.2) is 0 Å². The van der Waals surface area contributed by atoms with Gasteiger partial charge in [-0.1, -0.05) is 81.1 Å². The van der Waals surface area contributed by atoms with Crippen LogP contribution in [0.3, 0.4) is 0 Å². The fourth-order valence-corrected chi connectivity index (χ4v) is 2.98. The summed E-state index contributed by atoms with van der Waals surface area (Å²) in [5.74, 6) is 0. The second kappa shape index (κ2) is 8.50. The number of allylic oxidation sites excluding steroid dienone is 3. The fourth-order valence-electron chi connectivity index (χ4n) is 2.34. The Morgan fingerprint density at radius 2 is 1.87 bits per heavy atom. The maximum absolute atomic E-state index is 4.21. The van der Waals surface area contributed by atoms with E-state index in [9.17, 15) is 0 Å². The summed E-state index contributed by atoms with van der Waals surface area (Å²) >= 11 is 1.66. The predicted molar refractivity (Wildman–Crippen MR) is 107 cm³/mol. The van der Waals surface area contributed by atoms with Gasteiger partial charge in [-0.3, -0.25) is 0 Å². The average Bonchev–Trinajstić information content (AvgIpc) is 2.93. The molecule has 0 spiro atoms. The van der Waals surface area contributed by atoms with Crippen molar-refractivity contribution in [2.24, 2.45) is 0 Å². The number of thiophene rings is 1. The van der Waals surface area contributed by atoms with Crippen molar-refractivity contribution in [2.75, 3.05) is 0 Å². The molecule has 0 fully saturated rings. The van der Waals surface area contributed by atoms with E-state index in [0.29, 0.717) is 0 Å². The zero-order valence-corrected chi connectivity index (χ0v) is 14.7. The van der Waals surface area contributed by atoms with E-state index in [1.54, 1.807) is 11.3 Å². The summed E-state index contributed by atoms with van der Waals surface area (Å²) < 4.78 is 1.08. The molecule has 0 saturated carbocycles. The maximum Gasteiger partial charge on any atom is 0.0270 e. The van der Waals surface area contributed by atoms with Crippen molar-refractivity contribution in [1.29, 1.82) is 0 Å². The van der Waals surface area contributed by atoms with Crippen LogP contribution in [0.2, 0.25) is 0 Å². The Balaban J connectivity index is 2.02. The molecular formula is C22H24S. The van der Waals surface area contributed by atoms with Crippen LogP contribution < -0.4 is 9.75 Å². The highest BCUT2D eigenvalue weighted by Crippen LogP contribution is 2.21. The number of unbranched alkanes of at least 4 members (excludes halogenated alkanes) is 1. The van der Waals surface area contributed by atoms with Crippen LogP contribution in [0.4, 0.5) is 0 Å². The van der Waals surface area contributed by atoms with Crippen LogP contribution >= 0.6 is 11.3 Å². The van der Waals surface area contributed by atoms with Gasteiger partial charge in [0.05, 0.1) is 0 Å². The van der Waals surface area contributed by atoms with Gasteiger partial charge >= 0.3 is 0 Å². The van der Waals surface area contributed by atoms with E-state index in [1.165, 1.54) is 17.5 Å². The van der Waals surface area contributed by atoms with Crippen LogP contribution in [0.25, 0.3) is 24.3 Å². The Bertz CT molecular complexity index is 800. The summed E-state index contributed by atoms with van der Waals surface area (Å²) in [6, 6.07) is 10.6. The van der Waals surface area contributed by atoms with Crippen molar-refractivity contribution in [3.8, 4) is 0 Å². The monoisotopic (exact) mass is 320 g/mol. The van der Waals surface area contributed by atoms with Crippen LogP contribution in [0.5, 0.6) is 0 Å².